The van der Waals surface area contributed by atoms with E-state index in [-0.39, 0.29) is 0 Å². The van der Waals surface area contributed by atoms with Crippen molar-refractivity contribution in [3.05, 3.63) is 83.4 Å². The molecule has 4 rings (SSSR count). The van der Waals surface area contributed by atoms with Crippen LogP contribution >= 0.6 is 0 Å². The summed E-state index contributed by atoms with van der Waals surface area (Å²) in [5.41, 5.74) is 4.18. The van der Waals surface area contributed by atoms with E-state index in [1.807, 2.05) is 48.5 Å². The van der Waals surface area contributed by atoms with Gasteiger partial charge in [0.25, 0.3) is 0 Å². The molecule has 4 aromatic rings. The first-order chi connectivity index (χ1) is 15.6. The molecule has 1 heterocycles. The number of benzene rings is 3. The van der Waals surface area contributed by atoms with Crippen LogP contribution in [0.2, 0.25) is 0 Å². The van der Waals surface area contributed by atoms with E-state index in [2.05, 4.69) is 25.1 Å². The molecule has 5 heteroatoms. The first-order valence-electron chi connectivity index (χ1n) is 11.1. The molecule has 0 amide bonds. The summed E-state index contributed by atoms with van der Waals surface area (Å²) in [6.45, 7) is 4.19. The van der Waals surface area contributed by atoms with E-state index in [1.54, 1.807) is 12.1 Å². The number of fused-ring (bicyclic) bond motifs is 1. The highest BCUT2D eigenvalue weighted by Gasteiger charge is 2.27. The number of aryl methyl sites for hydroxylation is 2. The Labute approximate surface area is 187 Å². The highest BCUT2D eigenvalue weighted by atomic mass is 16.5. The van der Waals surface area contributed by atoms with Crippen molar-refractivity contribution >= 4 is 16.9 Å². The molecular formula is C27H27NO4. The van der Waals surface area contributed by atoms with Crippen molar-refractivity contribution in [1.82, 2.24) is 5.16 Å². The van der Waals surface area contributed by atoms with Crippen LogP contribution in [0.25, 0.3) is 22.2 Å². The molecule has 3 aromatic carbocycles. The lowest BCUT2D eigenvalue weighted by Crippen LogP contribution is -2.19. The van der Waals surface area contributed by atoms with Gasteiger partial charge in [-0.3, -0.25) is 0 Å². The second-order valence-electron chi connectivity index (χ2n) is 7.86. The number of ether oxygens (including phenoxy) is 1. The van der Waals surface area contributed by atoms with E-state index in [0.717, 1.165) is 52.6 Å². The molecule has 0 saturated heterocycles. The maximum Gasteiger partial charge on any atom is 0.349 e. The molecule has 1 N–H and O–H groups in total. The Balaban J connectivity index is 1.90. The second-order valence-corrected chi connectivity index (χ2v) is 7.86. The van der Waals surface area contributed by atoms with E-state index >= 15 is 0 Å². The predicted molar refractivity (Wildman–Crippen MR) is 125 cm³/mol. The lowest BCUT2D eigenvalue weighted by Gasteiger charge is -2.21. The van der Waals surface area contributed by atoms with Gasteiger partial charge >= 0.3 is 5.97 Å². The van der Waals surface area contributed by atoms with Crippen LogP contribution in [0.4, 0.5) is 0 Å². The summed E-state index contributed by atoms with van der Waals surface area (Å²) >= 11 is 0. The van der Waals surface area contributed by atoms with Crippen LogP contribution < -0.4 is 4.74 Å². The van der Waals surface area contributed by atoms with Crippen LogP contribution in [0.1, 0.15) is 49.5 Å². The summed E-state index contributed by atoms with van der Waals surface area (Å²) in [7, 11) is 0. The number of hydrogen-bond donors (Lipinski definition) is 1. The van der Waals surface area contributed by atoms with Gasteiger partial charge in [0.05, 0.1) is 5.39 Å². The highest BCUT2D eigenvalue weighted by molar-refractivity contribution is 5.95. The van der Waals surface area contributed by atoms with Crippen molar-refractivity contribution in [2.75, 3.05) is 0 Å². The fourth-order valence-electron chi connectivity index (χ4n) is 4.08. The summed E-state index contributed by atoms with van der Waals surface area (Å²) in [5, 5.41) is 15.3. The van der Waals surface area contributed by atoms with Crippen molar-refractivity contribution in [2.45, 2.75) is 45.6 Å². The number of hydrogen-bond acceptors (Lipinski definition) is 4. The van der Waals surface area contributed by atoms with Gasteiger partial charge in [0.1, 0.15) is 11.3 Å². The molecule has 1 atom stereocenters. The van der Waals surface area contributed by atoms with E-state index in [4.69, 9.17) is 9.26 Å². The molecule has 0 bridgehead atoms. The fraction of sp³-hybridized carbons (Fsp3) is 0.259. The Morgan fingerprint density at radius 3 is 2.28 bits per heavy atom. The van der Waals surface area contributed by atoms with Crippen molar-refractivity contribution in [3.63, 3.8) is 0 Å². The molecule has 32 heavy (non-hydrogen) atoms. The quantitative estimate of drug-likeness (QED) is 0.324. The summed E-state index contributed by atoms with van der Waals surface area (Å²) in [5.74, 6) is 0.316. The van der Waals surface area contributed by atoms with Gasteiger partial charge in [-0.05, 0) is 24.5 Å². The minimum absolute atomic E-state index is 0.607. The van der Waals surface area contributed by atoms with E-state index in [9.17, 15) is 9.90 Å². The minimum Gasteiger partial charge on any atom is -0.478 e. The van der Waals surface area contributed by atoms with Gasteiger partial charge in [-0.25, -0.2) is 4.79 Å². The largest absolute Gasteiger partial charge is 0.478 e. The summed E-state index contributed by atoms with van der Waals surface area (Å²) in [6, 6.07) is 21.0. The van der Waals surface area contributed by atoms with Gasteiger partial charge in [0, 0.05) is 16.7 Å². The lowest BCUT2D eigenvalue weighted by molar-refractivity contribution is -0.145. The Bertz CT molecular complexity index is 1200. The summed E-state index contributed by atoms with van der Waals surface area (Å²) in [6.07, 6.45) is 2.16. The Morgan fingerprint density at radius 1 is 1.00 bits per heavy atom. The minimum atomic E-state index is -1.10. The topological polar surface area (TPSA) is 72.6 Å². The molecule has 1 unspecified atom stereocenters. The zero-order valence-corrected chi connectivity index (χ0v) is 18.4. The average molecular weight is 430 g/mol. The third-order valence-corrected chi connectivity index (χ3v) is 5.52. The normalized spacial score (nSPS) is 12.1. The van der Waals surface area contributed by atoms with Gasteiger partial charge in [-0.15, -0.1) is 0 Å². The molecule has 0 aliphatic carbocycles. The lowest BCUT2D eigenvalue weighted by atomic mass is 9.96. The molecule has 0 spiro atoms. The Kier molecular flexibility index (Phi) is 6.55. The molecule has 0 fully saturated rings. The number of rotatable bonds is 9. The number of carboxylic acids is 1. The summed E-state index contributed by atoms with van der Waals surface area (Å²) in [4.78, 5) is 12.1. The highest BCUT2D eigenvalue weighted by Crippen LogP contribution is 2.40. The maximum atomic E-state index is 12.1. The van der Waals surface area contributed by atoms with Crippen molar-refractivity contribution in [2.24, 2.45) is 0 Å². The van der Waals surface area contributed by atoms with Gasteiger partial charge in [-0.1, -0.05) is 92.5 Å². The third-order valence-electron chi connectivity index (χ3n) is 5.52. The molecule has 0 aliphatic rings. The van der Waals surface area contributed by atoms with Crippen LogP contribution in [-0.2, 0) is 17.6 Å². The number of nitrogens with zero attached hydrogens (tertiary/aromatic N) is 1. The monoisotopic (exact) mass is 429 g/mol. The van der Waals surface area contributed by atoms with E-state index in [1.165, 1.54) is 0 Å². The molecule has 0 aliphatic heterocycles. The smallest absolute Gasteiger partial charge is 0.349 e. The molecule has 0 saturated carbocycles. The van der Waals surface area contributed by atoms with Crippen LogP contribution in [0.5, 0.6) is 5.75 Å². The standard InChI is InChI=1S/C27H27NO4/c1-3-11-20-17-22-23(28-32-25(22)18-13-7-5-8-14-18)21(12-4-2)24(20)31-26(27(29)30)19-15-9-6-10-16-19/h5-10,13-17,26H,3-4,11-12H2,1-2H3,(H,29,30). The van der Waals surface area contributed by atoms with Gasteiger partial charge in [-0.2, -0.15) is 0 Å². The van der Waals surface area contributed by atoms with Gasteiger partial charge in [0.15, 0.2) is 5.76 Å². The maximum absolute atomic E-state index is 12.1. The van der Waals surface area contributed by atoms with Crippen molar-refractivity contribution in [1.29, 1.82) is 0 Å². The Hall–Kier alpha value is -3.60. The van der Waals surface area contributed by atoms with Crippen LogP contribution in [0.15, 0.2) is 71.3 Å². The molecule has 0 radical (unpaired) electrons. The number of carbonyl (C=O) groups is 1. The molecule has 1 aromatic heterocycles. The number of carboxylic acid groups (broad SMARTS) is 1. The number of aromatic nitrogens is 1. The van der Waals surface area contributed by atoms with Crippen LogP contribution in [-0.4, -0.2) is 16.2 Å². The first-order valence-corrected chi connectivity index (χ1v) is 11.1. The second kappa shape index (κ2) is 9.69. The van der Waals surface area contributed by atoms with E-state index < -0.39 is 12.1 Å². The Morgan fingerprint density at radius 2 is 1.66 bits per heavy atom. The average Bonchev–Trinajstić information content (AvgIpc) is 3.23. The zero-order valence-electron chi connectivity index (χ0n) is 18.4. The van der Waals surface area contributed by atoms with Crippen LogP contribution in [0, 0.1) is 0 Å². The van der Waals surface area contributed by atoms with Crippen molar-refractivity contribution < 1.29 is 19.2 Å². The van der Waals surface area contributed by atoms with Gasteiger partial charge < -0.3 is 14.4 Å². The first kappa shape index (κ1) is 21.6. The predicted octanol–water partition coefficient (Wildman–Crippen LogP) is 6.60. The van der Waals surface area contributed by atoms with Crippen LogP contribution in [0.3, 0.4) is 0 Å². The van der Waals surface area contributed by atoms with Crippen molar-refractivity contribution in [3.8, 4) is 17.1 Å². The third kappa shape index (κ3) is 4.24. The van der Waals surface area contributed by atoms with Gasteiger partial charge in [0.2, 0.25) is 6.10 Å². The molecule has 5 nitrogen and oxygen atoms in total. The number of aliphatic carboxylic acids is 1. The van der Waals surface area contributed by atoms with E-state index in [0.29, 0.717) is 17.7 Å². The zero-order chi connectivity index (χ0) is 22.5. The molecular weight excluding hydrogens is 402 g/mol. The molecule has 164 valence electrons. The summed E-state index contributed by atoms with van der Waals surface area (Å²) < 4.78 is 12.1. The fourth-order valence-corrected chi connectivity index (χ4v) is 4.08. The SMILES string of the molecule is CCCc1cc2c(-c3ccccc3)onc2c(CCC)c1OC(C(=O)O)c1ccccc1.